The second-order valence-corrected chi connectivity index (χ2v) is 13.1. The lowest BCUT2D eigenvalue weighted by molar-refractivity contribution is -0.386. The van der Waals surface area contributed by atoms with Crippen molar-refractivity contribution in [1.29, 1.82) is 0 Å². The van der Waals surface area contributed by atoms with E-state index in [0.717, 1.165) is 26.2 Å². The third-order valence-corrected chi connectivity index (χ3v) is 10.7. The van der Waals surface area contributed by atoms with E-state index in [1.807, 2.05) is 42.5 Å². The molecule has 1 saturated heterocycles. The van der Waals surface area contributed by atoms with Crippen molar-refractivity contribution in [2.75, 3.05) is 46.6 Å². The van der Waals surface area contributed by atoms with Crippen LogP contribution in [0.15, 0.2) is 57.9 Å². The number of thioether (sulfide) groups is 3. The number of methoxy groups -OCH3 is 4. The lowest BCUT2D eigenvalue weighted by Crippen LogP contribution is -2.05. The van der Waals surface area contributed by atoms with Crippen LogP contribution < -0.4 is 23.7 Å². The quantitative estimate of drug-likeness (QED) is 0.0835. The number of hydrogen-bond acceptors (Lipinski definition) is 10. The van der Waals surface area contributed by atoms with Gasteiger partial charge in [0.15, 0.2) is 17.2 Å². The minimum Gasteiger partial charge on any atom is -0.493 e. The lowest BCUT2D eigenvalue weighted by atomic mass is 10.1. The van der Waals surface area contributed by atoms with E-state index >= 15 is 0 Å². The number of ether oxygens (including phenoxy) is 5. The van der Waals surface area contributed by atoms with Gasteiger partial charge in [0.2, 0.25) is 11.5 Å². The van der Waals surface area contributed by atoms with Gasteiger partial charge in [-0.1, -0.05) is 15.9 Å². The second-order valence-electron chi connectivity index (χ2n) is 8.23. The van der Waals surface area contributed by atoms with E-state index < -0.39 is 4.92 Å². The maximum absolute atomic E-state index is 12.0. The number of benzene rings is 3. The van der Waals surface area contributed by atoms with E-state index in [1.54, 1.807) is 62.7 Å². The molecule has 1 fully saturated rings. The zero-order valence-corrected chi connectivity index (χ0v) is 25.8. The Balaban J connectivity index is 1.50. The van der Waals surface area contributed by atoms with Gasteiger partial charge in [0.25, 0.3) is 0 Å². The number of rotatable bonds is 12. The summed E-state index contributed by atoms with van der Waals surface area (Å²) >= 11 is 8.49. The number of nitrogens with zero attached hydrogens (tertiary/aromatic N) is 1. The topological polar surface area (TPSA) is 89.3 Å². The Morgan fingerprint density at radius 1 is 0.923 bits per heavy atom. The first kappa shape index (κ1) is 29.6. The van der Waals surface area contributed by atoms with E-state index in [2.05, 4.69) is 15.9 Å². The SMILES string of the molecule is COc1cc(C2CSC(c3cc(OC)c(OCCSc4ccc(Br)cc4)c([N+](=O)[O-])c3)S2)cc(OC)c1OC. The smallest absolute Gasteiger partial charge is 0.315 e. The predicted molar refractivity (Wildman–Crippen MR) is 162 cm³/mol. The molecule has 0 spiro atoms. The van der Waals surface area contributed by atoms with Gasteiger partial charge in [-0.25, -0.2) is 0 Å². The summed E-state index contributed by atoms with van der Waals surface area (Å²) in [5.74, 6) is 3.68. The average molecular weight is 655 g/mol. The van der Waals surface area contributed by atoms with Gasteiger partial charge >= 0.3 is 5.69 Å². The molecule has 1 aliphatic rings. The summed E-state index contributed by atoms with van der Waals surface area (Å²) in [7, 11) is 6.26. The number of nitro benzene ring substituents is 1. The van der Waals surface area contributed by atoms with Gasteiger partial charge in [-0.3, -0.25) is 10.1 Å². The molecule has 0 bridgehead atoms. The maximum Gasteiger partial charge on any atom is 0.315 e. The van der Waals surface area contributed by atoms with Crippen molar-refractivity contribution in [3.63, 3.8) is 0 Å². The van der Waals surface area contributed by atoms with Crippen LogP contribution in [0.4, 0.5) is 5.69 Å². The molecule has 8 nitrogen and oxygen atoms in total. The summed E-state index contributed by atoms with van der Waals surface area (Å²) in [6.07, 6.45) is 0. The molecule has 12 heteroatoms. The molecule has 4 rings (SSSR count). The first-order valence-corrected chi connectivity index (χ1v) is 15.6. The first-order valence-electron chi connectivity index (χ1n) is 11.8. The number of hydrogen-bond donors (Lipinski definition) is 0. The van der Waals surface area contributed by atoms with Crippen LogP contribution in [0.5, 0.6) is 28.7 Å². The normalized spacial score (nSPS) is 16.5. The van der Waals surface area contributed by atoms with Crippen molar-refractivity contribution >= 4 is 56.9 Å². The van der Waals surface area contributed by atoms with Crippen LogP contribution >= 0.6 is 51.2 Å². The molecular formula is C27H28BrNO7S3. The van der Waals surface area contributed by atoms with Crippen LogP contribution in [0, 0.1) is 10.1 Å². The average Bonchev–Trinajstić information content (AvgIpc) is 3.45. The van der Waals surface area contributed by atoms with Crippen molar-refractivity contribution in [2.45, 2.75) is 14.7 Å². The summed E-state index contributed by atoms with van der Waals surface area (Å²) < 4.78 is 28.9. The summed E-state index contributed by atoms with van der Waals surface area (Å²) in [6.45, 7) is 0.299. The van der Waals surface area contributed by atoms with Gasteiger partial charge in [0, 0.05) is 32.2 Å². The van der Waals surface area contributed by atoms with Crippen LogP contribution in [-0.4, -0.2) is 51.5 Å². The Hall–Kier alpha value is -2.41. The third-order valence-electron chi connectivity index (χ3n) is 5.90. The van der Waals surface area contributed by atoms with Gasteiger partial charge in [-0.2, -0.15) is 0 Å². The van der Waals surface area contributed by atoms with Crippen molar-refractivity contribution in [1.82, 2.24) is 0 Å². The van der Waals surface area contributed by atoms with Crippen molar-refractivity contribution in [3.05, 3.63) is 74.2 Å². The van der Waals surface area contributed by atoms with Crippen molar-refractivity contribution in [3.8, 4) is 28.7 Å². The van der Waals surface area contributed by atoms with E-state index in [4.69, 9.17) is 23.7 Å². The fourth-order valence-electron chi connectivity index (χ4n) is 4.05. The van der Waals surface area contributed by atoms with Crippen LogP contribution in [0.2, 0.25) is 0 Å². The minimum atomic E-state index is -0.413. The molecule has 39 heavy (non-hydrogen) atoms. The highest BCUT2D eigenvalue weighted by Crippen LogP contribution is 2.58. The molecule has 0 N–H and O–H groups in total. The molecule has 1 aliphatic heterocycles. The van der Waals surface area contributed by atoms with Crippen molar-refractivity contribution < 1.29 is 28.6 Å². The van der Waals surface area contributed by atoms with Gasteiger partial charge < -0.3 is 23.7 Å². The summed E-state index contributed by atoms with van der Waals surface area (Å²) in [6, 6.07) is 15.3. The Morgan fingerprint density at radius 3 is 2.13 bits per heavy atom. The van der Waals surface area contributed by atoms with Crippen LogP contribution in [0.1, 0.15) is 21.0 Å². The third kappa shape index (κ3) is 7.03. The van der Waals surface area contributed by atoms with Crippen LogP contribution in [0.3, 0.4) is 0 Å². The van der Waals surface area contributed by atoms with Gasteiger partial charge in [0.05, 0.1) is 44.6 Å². The second kappa shape index (κ2) is 13.8. The van der Waals surface area contributed by atoms with Gasteiger partial charge in [0.1, 0.15) is 0 Å². The van der Waals surface area contributed by atoms with Crippen LogP contribution in [-0.2, 0) is 0 Å². The molecule has 0 radical (unpaired) electrons. The van der Waals surface area contributed by atoms with E-state index in [1.165, 1.54) is 7.11 Å². The number of halogens is 1. The first-order chi connectivity index (χ1) is 18.9. The van der Waals surface area contributed by atoms with Gasteiger partial charge in [-0.15, -0.1) is 35.3 Å². The standard InChI is InChI=1S/C27H28BrNO7S3/c1-32-21-14-17(11-20(29(30)31)25(21)36-9-10-37-19-7-5-18(28)6-8-19)27-38-15-24(39-27)16-12-22(33-2)26(35-4)23(13-16)34-3/h5-8,11-14,24,27H,9-10,15H2,1-4H3. The van der Waals surface area contributed by atoms with Gasteiger partial charge in [-0.05, 0) is 53.6 Å². The van der Waals surface area contributed by atoms with Crippen molar-refractivity contribution in [2.24, 2.45) is 0 Å². The minimum absolute atomic E-state index is 0.0244. The Labute approximate surface area is 248 Å². The molecule has 2 atom stereocenters. The maximum atomic E-state index is 12.0. The zero-order valence-electron chi connectivity index (χ0n) is 21.8. The molecule has 1 heterocycles. The Kier molecular flexibility index (Phi) is 10.4. The highest BCUT2D eigenvalue weighted by Gasteiger charge is 2.33. The van der Waals surface area contributed by atoms with E-state index in [-0.39, 0.29) is 21.3 Å². The largest absolute Gasteiger partial charge is 0.493 e. The summed E-state index contributed by atoms with van der Waals surface area (Å²) in [5.41, 5.74) is 1.74. The molecule has 0 aliphatic carbocycles. The molecule has 0 aromatic heterocycles. The molecular weight excluding hydrogens is 626 g/mol. The molecule has 208 valence electrons. The summed E-state index contributed by atoms with van der Waals surface area (Å²) in [5, 5.41) is 12.2. The molecule has 0 saturated carbocycles. The summed E-state index contributed by atoms with van der Waals surface area (Å²) in [4.78, 5) is 12.7. The Bertz CT molecular complexity index is 1280. The number of nitro groups is 1. The molecule has 3 aromatic rings. The van der Waals surface area contributed by atoms with Crippen LogP contribution in [0.25, 0.3) is 0 Å². The highest BCUT2D eigenvalue weighted by atomic mass is 79.9. The highest BCUT2D eigenvalue weighted by molar-refractivity contribution is 9.10. The predicted octanol–water partition coefficient (Wildman–Crippen LogP) is 7.78. The fourth-order valence-corrected chi connectivity index (χ4v) is 8.30. The fraction of sp³-hybridized carbons (Fsp3) is 0.333. The Morgan fingerprint density at radius 2 is 1.54 bits per heavy atom. The van der Waals surface area contributed by atoms with E-state index in [9.17, 15) is 10.1 Å². The molecule has 2 unspecified atom stereocenters. The lowest BCUT2D eigenvalue weighted by Gasteiger charge is -2.17. The zero-order chi connectivity index (χ0) is 27.9. The molecule has 3 aromatic carbocycles. The van der Waals surface area contributed by atoms with E-state index in [0.29, 0.717) is 35.4 Å². The monoisotopic (exact) mass is 653 g/mol. The molecule has 0 amide bonds.